The smallest absolute Gasteiger partial charge is 0.322 e. The Labute approximate surface area is 147 Å². The van der Waals surface area contributed by atoms with E-state index in [4.69, 9.17) is 0 Å². The van der Waals surface area contributed by atoms with Crippen molar-refractivity contribution in [2.75, 3.05) is 11.9 Å². The largest absolute Gasteiger partial charge is 0.481 e. The Balaban J connectivity index is 1.87. The van der Waals surface area contributed by atoms with Crippen molar-refractivity contribution in [1.82, 2.24) is 4.90 Å². The van der Waals surface area contributed by atoms with E-state index in [1.54, 1.807) is 4.90 Å². The quantitative estimate of drug-likeness (QED) is 0.889. The molecule has 1 heterocycles. The van der Waals surface area contributed by atoms with Crippen molar-refractivity contribution in [2.45, 2.75) is 32.2 Å². The number of carbonyl (C=O) groups excluding carboxylic acids is 1. The van der Waals surface area contributed by atoms with Gasteiger partial charge in [-0.15, -0.1) is 0 Å². The maximum absolute atomic E-state index is 12.9. The number of carbonyl (C=O) groups is 2. The lowest BCUT2D eigenvalue weighted by molar-refractivity contribution is -0.138. The summed E-state index contributed by atoms with van der Waals surface area (Å²) in [6.07, 6.45) is 1.45. The zero-order valence-electron chi connectivity index (χ0n) is 14.2. The maximum Gasteiger partial charge on any atom is 0.322 e. The minimum Gasteiger partial charge on any atom is -0.481 e. The van der Waals surface area contributed by atoms with Crippen LogP contribution in [0.3, 0.4) is 0 Å². The van der Waals surface area contributed by atoms with Gasteiger partial charge in [-0.05, 0) is 35.6 Å². The van der Waals surface area contributed by atoms with Gasteiger partial charge in [-0.1, -0.05) is 49.4 Å². The van der Waals surface area contributed by atoms with Crippen LogP contribution in [0.25, 0.3) is 0 Å². The molecular formula is C20H22N2O3. The molecule has 0 aromatic heterocycles. The molecule has 2 amide bonds. The molecule has 0 aliphatic carbocycles. The second-order valence-electron chi connectivity index (χ2n) is 6.20. The summed E-state index contributed by atoms with van der Waals surface area (Å²) in [6.45, 7) is 2.55. The first-order valence-electron chi connectivity index (χ1n) is 8.55. The Kier molecular flexibility index (Phi) is 5.03. The zero-order chi connectivity index (χ0) is 17.8. The second-order valence-corrected chi connectivity index (χ2v) is 6.20. The van der Waals surface area contributed by atoms with Crippen molar-refractivity contribution in [3.8, 4) is 0 Å². The summed E-state index contributed by atoms with van der Waals surface area (Å²) in [5, 5.41) is 12.3. The molecule has 0 saturated carbocycles. The van der Waals surface area contributed by atoms with E-state index in [9.17, 15) is 14.7 Å². The number of urea groups is 1. The van der Waals surface area contributed by atoms with E-state index in [-0.39, 0.29) is 12.5 Å². The van der Waals surface area contributed by atoms with E-state index in [0.29, 0.717) is 6.54 Å². The maximum atomic E-state index is 12.9. The van der Waals surface area contributed by atoms with Crippen LogP contribution >= 0.6 is 0 Å². The van der Waals surface area contributed by atoms with E-state index in [1.807, 2.05) is 55.5 Å². The van der Waals surface area contributed by atoms with Crippen LogP contribution in [0.4, 0.5) is 10.5 Å². The first-order valence-corrected chi connectivity index (χ1v) is 8.55. The highest BCUT2D eigenvalue weighted by Gasteiger charge is 2.32. The molecule has 0 radical (unpaired) electrons. The number of benzene rings is 2. The number of nitrogens with zero attached hydrogens (tertiary/aromatic N) is 1. The van der Waals surface area contributed by atoms with Crippen molar-refractivity contribution in [2.24, 2.45) is 0 Å². The van der Waals surface area contributed by atoms with Crippen molar-refractivity contribution in [1.29, 1.82) is 0 Å². The molecule has 1 aliphatic heterocycles. The van der Waals surface area contributed by atoms with Gasteiger partial charge in [0.25, 0.3) is 0 Å². The van der Waals surface area contributed by atoms with Gasteiger partial charge < -0.3 is 15.3 Å². The number of nitrogens with one attached hydrogen (secondary N) is 1. The SMILES string of the molecule is CCc1ccccc1NC(=O)N1CCc2ccccc2C1CC(=O)O. The third kappa shape index (κ3) is 3.65. The van der Waals surface area contributed by atoms with Crippen LogP contribution in [-0.2, 0) is 17.6 Å². The summed E-state index contributed by atoms with van der Waals surface area (Å²) in [4.78, 5) is 25.8. The Morgan fingerprint density at radius 1 is 1.16 bits per heavy atom. The Morgan fingerprint density at radius 2 is 1.88 bits per heavy atom. The molecule has 0 fully saturated rings. The van der Waals surface area contributed by atoms with E-state index in [0.717, 1.165) is 35.2 Å². The van der Waals surface area contributed by atoms with Crippen molar-refractivity contribution in [3.05, 3.63) is 65.2 Å². The number of para-hydroxylation sites is 1. The number of anilines is 1. The Morgan fingerprint density at radius 3 is 2.64 bits per heavy atom. The third-order valence-electron chi connectivity index (χ3n) is 4.68. The van der Waals surface area contributed by atoms with E-state index >= 15 is 0 Å². The Hall–Kier alpha value is -2.82. The molecule has 1 atom stereocenters. The molecule has 3 rings (SSSR count). The van der Waals surface area contributed by atoms with Gasteiger partial charge >= 0.3 is 12.0 Å². The number of aryl methyl sites for hydroxylation is 1. The predicted molar refractivity (Wildman–Crippen MR) is 96.7 cm³/mol. The molecule has 130 valence electrons. The fourth-order valence-corrected chi connectivity index (χ4v) is 3.42. The number of fused-ring (bicyclic) bond motifs is 1. The van der Waals surface area contributed by atoms with Gasteiger partial charge in [0.05, 0.1) is 12.5 Å². The molecule has 2 aromatic rings. The molecule has 2 aromatic carbocycles. The monoisotopic (exact) mass is 338 g/mol. The summed E-state index contributed by atoms with van der Waals surface area (Å²) in [6, 6.07) is 14.8. The van der Waals surface area contributed by atoms with Crippen molar-refractivity contribution >= 4 is 17.7 Å². The van der Waals surface area contributed by atoms with Gasteiger partial charge in [0.2, 0.25) is 0 Å². The highest BCUT2D eigenvalue weighted by molar-refractivity contribution is 5.91. The lowest BCUT2D eigenvalue weighted by Crippen LogP contribution is -2.43. The minimum absolute atomic E-state index is 0.0974. The highest BCUT2D eigenvalue weighted by Crippen LogP contribution is 2.33. The molecular weight excluding hydrogens is 316 g/mol. The number of rotatable bonds is 4. The molecule has 1 aliphatic rings. The van der Waals surface area contributed by atoms with Crippen LogP contribution in [0.5, 0.6) is 0 Å². The highest BCUT2D eigenvalue weighted by atomic mass is 16.4. The van der Waals surface area contributed by atoms with Gasteiger partial charge in [0.15, 0.2) is 0 Å². The molecule has 5 nitrogen and oxygen atoms in total. The predicted octanol–water partition coefficient (Wildman–Crippen LogP) is 3.86. The molecule has 2 N–H and O–H groups in total. The first-order chi connectivity index (χ1) is 12.1. The zero-order valence-corrected chi connectivity index (χ0v) is 14.2. The number of aliphatic carboxylic acids is 1. The summed E-state index contributed by atoms with van der Waals surface area (Å²) in [7, 11) is 0. The molecule has 0 spiro atoms. The van der Waals surface area contributed by atoms with Gasteiger partial charge in [-0.2, -0.15) is 0 Å². The van der Waals surface area contributed by atoms with Crippen LogP contribution in [0, 0.1) is 0 Å². The first kappa shape index (κ1) is 17.0. The molecule has 0 saturated heterocycles. The topological polar surface area (TPSA) is 69.6 Å². The van der Waals surface area contributed by atoms with Gasteiger partial charge in [0, 0.05) is 12.2 Å². The van der Waals surface area contributed by atoms with E-state index < -0.39 is 12.0 Å². The number of hydrogen-bond donors (Lipinski definition) is 2. The average Bonchev–Trinajstić information content (AvgIpc) is 2.62. The van der Waals surface area contributed by atoms with Crippen molar-refractivity contribution in [3.63, 3.8) is 0 Å². The minimum atomic E-state index is -0.909. The van der Waals surface area contributed by atoms with Crippen LogP contribution < -0.4 is 5.32 Å². The van der Waals surface area contributed by atoms with Crippen LogP contribution in [0.2, 0.25) is 0 Å². The normalized spacial score (nSPS) is 16.2. The molecule has 25 heavy (non-hydrogen) atoms. The fraction of sp³-hybridized carbons (Fsp3) is 0.300. The molecule has 1 unspecified atom stereocenters. The molecule has 5 heteroatoms. The van der Waals surface area contributed by atoms with Crippen LogP contribution in [0.1, 0.15) is 36.1 Å². The summed E-state index contributed by atoms with van der Waals surface area (Å²) in [5.41, 5.74) is 3.88. The Bertz CT molecular complexity index is 788. The number of carboxylic acids is 1. The summed E-state index contributed by atoms with van der Waals surface area (Å²) in [5.74, 6) is -0.909. The lowest BCUT2D eigenvalue weighted by atomic mass is 9.91. The third-order valence-corrected chi connectivity index (χ3v) is 4.68. The number of hydrogen-bond acceptors (Lipinski definition) is 2. The number of amides is 2. The van der Waals surface area contributed by atoms with E-state index in [2.05, 4.69) is 5.32 Å². The van der Waals surface area contributed by atoms with Crippen LogP contribution in [-0.4, -0.2) is 28.6 Å². The van der Waals surface area contributed by atoms with Gasteiger partial charge in [0.1, 0.15) is 0 Å². The summed E-state index contributed by atoms with van der Waals surface area (Å²) >= 11 is 0. The van der Waals surface area contributed by atoms with Crippen molar-refractivity contribution < 1.29 is 14.7 Å². The summed E-state index contributed by atoms with van der Waals surface area (Å²) < 4.78 is 0. The van der Waals surface area contributed by atoms with E-state index in [1.165, 1.54) is 0 Å². The number of carboxylic acid groups (broad SMARTS) is 1. The van der Waals surface area contributed by atoms with Crippen LogP contribution in [0.15, 0.2) is 48.5 Å². The fourth-order valence-electron chi connectivity index (χ4n) is 3.42. The average molecular weight is 338 g/mol. The molecule has 0 bridgehead atoms. The standard InChI is InChI=1S/C20H22N2O3/c1-2-14-7-4-6-10-17(14)21-20(25)22-12-11-15-8-3-5-9-16(15)18(22)13-19(23)24/h3-10,18H,2,11-13H2,1H3,(H,21,25)(H,23,24). The second kappa shape index (κ2) is 7.38. The van der Waals surface area contributed by atoms with Gasteiger partial charge in [-0.3, -0.25) is 4.79 Å². The van der Waals surface area contributed by atoms with Gasteiger partial charge in [-0.25, -0.2) is 4.79 Å². The lowest BCUT2D eigenvalue weighted by Gasteiger charge is -2.36.